The van der Waals surface area contributed by atoms with Gasteiger partial charge < -0.3 is 4.90 Å². The second-order valence-corrected chi connectivity index (χ2v) is 7.36. The van der Waals surface area contributed by atoms with Gasteiger partial charge in [0.1, 0.15) is 0 Å². The molecule has 0 radical (unpaired) electrons. The second-order valence-electron chi connectivity index (χ2n) is 7.36. The molecule has 0 aliphatic rings. The van der Waals surface area contributed by atoms with Gasteiger partial charge in [0.05, 0.1) is 11.2 Å². The molecule has 0 N–H and O–H groups in total. The molecule has 29 heavy (non-hydrogen) atoms. The molecule has 5 aromatic rings. The summed E-state index contributed by atoms with van der Waals surface area (Å²) in [6.45, 7) is 0. The molecule has 3 nitrogen and oxygen atoms in total. The van der Waals surface area contributed by atoms with E-state index in [9.17, 15) is 0 Å². The van der Waals surface area contributed by atoms with Crippen LogP contribution in [0.5, 0.6) is 0 Å². The Morgan fingerprint density at radius 2 is 1.31 bits per heavy atom. The molecular weight excluding hydrogens is 354 g/mol. The van der Waals surface area contributed by atoms with Gasteiger partial charge in [0, 0.05) is 41.7 Å². The van der Waals surface area contributed by atoms with Crippen molar-refractivity contribution in [2.45, 2.75) is 0 Å². The predicted octanol–water partition coefficient (Wildman–Crippen LogP) is 6.18. The van der Waals surface area contributed by atoms with E-state index >= 15 is 0 Å². The van der Waals surface area contributed by atoms with Crippen LogP contribution in [0, 0.1) is 0 Å². The molecule has 0 amide bonds. The Hall–Kier alpha value is -3.72. The number of nitrogens with zero attached hydrogens (tertiary/aromatic N) is 3. The summed E-state index contributed by atoms with van der Waals surface area (Å²) in [5, 5.41) is 3.41. The fourth-order valence-corrected chi connectivity index (χ4v) is 3.85. The average Bonchev–Trinajstić information content (AvgIpc) is 2.78. The Balaban J connectivity index is 1.95. The molecule has 1 heterocycles. The van der Waals surface area contributed by atoms with Crippen LogP contribution >= 0.6 is 0 Å². The summed E-state index contributed by atoms with van der Waals surface area (Å²) in [4.78, 5) is 12.2. The van der Waals surface area contributed by atoms with Crippen LogP contribution in [0.3, 0.4) is 0 Å². The Kier molecular flexibility index (Phi) is 4.21. The van der Waals surface area contributed by atoms with E-state index in [-0.39, 0.29) is 0 Å². The quantitative estimate of drug-likeness (QED) is 0.352. The molecule has 0 spiro atoms. The third kappa shape index (κ3) is 3.01. The normalized spacial score (nSPS) is 11.1. The lowest BCUT2D eigenvalue weighted by Crippen LogP contribution is -2.09. The van der Waals surface area contributed by atoms with Crippen molar-refractivity contribution in [2.75, 3.05) is 19.0 Å². The standard InChI is InChI=1S/C26H21N3/c1-29(2)22-15-9-14-18-16-17-21-24(19-10-5-3-6-11-19)27-26(28-25(21)23(18)22)20-12-7-4-8-13-20/h3-17H,1-2H3. The van der Waals surface area contributed by atoms with E-state index in [1.807, 2.05) is 24.3 Å². The van der Waals surface area contributed by atoms with Gasteiger partial charge in [0.2, 0.25) is 0 Å². The zero-order valence-electron chi connectivity index (χ0n) is 16.5. The topological polar surface area (TPSA) is 29.0 Å². The minimum Gasteiger partial charge on any atom is -0.377 e. The third-order valence-electron chi connectivity index (χ3n) is 5.25. The maximum atomic E-state index is 5.07. The number of rotatable bonds is 3. The summed E-state index contributed by atoms with van der Waals surface area (Å²) < 4.78 is 0. The van der Waals surface area contributed by atoms with E-state index in [0.717, 1.165) is 44.6 Å². The number of hydrogen-bond donors (Lipinski definition) is 0. The van der Waals surface area contributed by atoms with Gasteiger partial charge in [0.25, 0.3) is 0 Å². The molecule has 5 rings (SSSR count). The van der Waals surface area contributed by atoms with Crippen LogP contribution in [-0.4, -0.2) is 24.1 Å². The smallest absolute Gasteiger partial charge is 0.160 e. The molecule has 3 heteroatoms. The van der Waals surface area contributed by atoms with Gasteiger partial charge in [-0.2, -0.15) is 0 Å². The molecule has 0 fully saturated rings. The molecule has 0 aliphatic carbocycles. The van der Waals surface area contributed by atoms with Crippen LogP contribution in [0.4, 0.5) is 5.69 Å². The Morgan fingerprint density at radius 3 is 2.00 bits per heavy atom. The largest absolute Gasteiger partial charge is 0.377 e. The van der Waals surface area contributed by atoms with Crippen molar-refractivity contribution in [1.29, 1.82) is 0 Å². The lowest BCUT2D eigenvalue weighted by Gasteiger charge is -2.18. The van der Waals surface area contributed by atoms with E-state index in [0.29, 0.717) is 0 Å². The van der Waals surface area contributed by atoms with Crippen LogP contribution in [0.2, 0.25) is 0 Å². The fourth-order valence-electron chi connectivity index (χ4n) is 3.85. The van der Waals surface area contributed by atoms with Crippen LogP contribution < -0.4 is 4.90 Å². The highest BCUT2D eigenvalue weighted by molar-refractivity contribution is 6.14. The van der Waals surface area contributed by atoms with Crippen molar-refractivity contribution < 1.29 is 0 Å². The van der Waals surface area contributed by atoms with Gasteiger partial charge in [-0.3, -0.25) is 0 Å². The summed E-state index contributed by atoms with van der Waals surface area (Å²) in [5.41, 5.74) is 5.22. The number of fused-ring (bicyclic) bond motifs is 3. The van der Waals surface area contributed by atoms with Crippen molar-refractivity contribution in [1.82, 2.24) is 9.97 Å². The molecule has 4 aromatic carbocycles. The first-order valence-corrected chi connectivity index (χ1v) is 9.74. The molecule has 0 unspecified atom stereocenters. The van der Waals surface area contributed by atoms with Crippen LogP contribution in [0.15, 0.2) is 91.0 Å². The van der Waals surface area contributed by atoms with Crippen molar-refractivity contribution in [3.05, 3.63) is 91.0 Å². The monoisotopic (exact) mass is 375 g/mol. The number of hydrogen-bond acceptors (Lipinski definition) is 3. The molecule has 0 aliphatic heterocycles. The van der Waals surface area contributed by atoms with E-state index in [1.165, 1.54) is 5.39 Å². The summed E-state index contributed by atoms with van der Waals surface area (Å²) in [6.07, 6.45) is 0. The van der Waals surface area contributed by atoms with Gasteiger partial charge in [-0.15, -0.1) is 0 Å². The second kappa shape index (κ2) is 7.02. The van der Waals surface area contributed by atoms with E-state index in [2.05, 4.69) is 85.7 Å². The lowest BCUT2D eigenvalue weighted by atomic mass is 10.00. The summed E-state index contributed by atoms with van der Waals surface area (Å²) in [7, 11) is 4.15. The van der Waals surface area contributed by atoms with Crippen LogP contribution in [0.25, 0.3) is 44.3 Å². The SMILES string of the molecule is CN(C)c1cccc2ccc3c(-c4ccccc4)nc(-c4ccccc4)nc3c12. The third-order valence-corrected chi connectivity index (χ3v) is 5.25. The van der Waals surface area contributed by atoms with E-state index < -0.39 is 0 Å². The maximum Gasteiger partial charge on any atom is 0.160 e. The average molecular weight is 375 g/mol. The minimum atomic E-state index is 0.748. The van der Waals surface area contributed by atoms with Crippen molar-refractivity contribution >= 4 is 27.4 Å². The van der Waals surface area contributed by atoms with Gasteiger partial charge >= 0.3 is 0 Å². The zero-order chi connectivity index (χ0) is 19.8. The van der Waals surface area contributed by atoms with Gasteiger partial charge in [-0.1, -0.05) is 78.9 Å². The molecule has 0 saturated carbocycles. The number of aromatic nitrogens is 2. The van der Waals surface area contributed by atoms with E-state index in [4.69, 9.17) is 9.97 Å². The van der Waals surface area contributed by atoms with Crippen LogP contribution in [-0.2, 0) is 0 Å². The highest BCUT2D eigenvalue weighted by atomic mass is 15.1. The fraction of sp³-hybridized carbons (Fsp3) is 0.0769. The first-order valence-electron chi connectivity index (χ1n) is 9.74. The maximum absolute atomic E-state index is 5.07. The van der Waals surface area contributed by atoms with Crippen molar-refractivity contribution in [3.63, 3.8) is 0 Å². The highest BCUT2D eigenvalue weighted by Gasteiger charge is 2.15. The highest BCUT2D eigenvalue weighted by Crippen LogP contribution is 2.36. The van der Waals surface area contributed by atoms with Gasteiger partial charge in [0.15, 0.2) is 5.82 Å². The number of anilines is 1. The van der Waals surface area contributed by atoms with Crippen LogP contribution in [0.1, 0.15) is 0 Å². The predicted molar refractivity (Wildman–Crippen MR) is 122 cm³/mol. The molecule has 0 saturated heterocycles. The minimum absolute atomic E-state index is 0.748. The van der Waals surface area contributed by atoms with Gasteiger partial charge in [-0.05, 0) is 17.5 Å². The summed E-state index contributed by atoms with van der Waals surface area (Å²) in [5.74, 6) is 0.748. The first kappa shape index (κ1) is 17.4. The summed E-state index contributed by atoms with van der Waals surface area (Å²) in [6, 6.07) is 31.3. The molecule has 0 bridgehead atoms. The Labute approximate surface area is 170 Å². The van der Waals surface area contributed by atoms with E-state index in [1.54, 1.807) is 0 Å². The lowest BCUT2D eigenvalue weighted by molar-refractivity contribution is 1.14. The summed E-state index contributed by atoms with van der Waals surface area (Å²) >= 11 is 0. The van der Waals surface area contributed by atoms with Crippen molar-refractivity contribution in [2.24, 2.45) is 0 Å². The van der Waals surface area contributed by atoms with Crippen molar-refractivity contribution in [3.8, 4) is 22.6 Å². The Bertz CT molecular complexity index is 1310. The molecule has 140 valence electrons. The number of benzene rings is 4. The molecular formula is C26H21N3. The molecule has 0 atom stereocenters. The molecule has 1 aromatic heterocycles. The zero-order valence-corrected chi connectivity index (χ0v) is 16.5. The van der Waals surface area contributed by atoms with Gasteiger partial charge in [-0.25, -0.2) is 9.97 Å². The Morgan fingerprint density at radius 1 is 0.621 bits per heavy atom. The first-order chi connectivity index (χ1) is 14.2.